The van der Waals surface area contributed by atoms with Crippen molar-refractivity contribution in [2.45, 2.75) is 19.4 Å². The Kier molecular flexibility index (Phi) is 3.97. The number of halogens is 3. The van der Waals surface area contributed by atoms with Crippen molar-refractivity contribution in [3.63, 3.8) is 0 Å². The number of carbonyl (C=O) groups excluding carboxylic acids is 1. The zero-order valence-electron chi connectivity index (χ0n) is 9.77. The van der Waals surface area contributed by atoms with Gasteiger partial charge < -0.3 is 10.6 Å². The third-order valence-electron chi connectivity index (χ3n) is 3.12. The predicted octanol–water partition coefficient (Wildman–Crippen LogP) is 2.66. The summed E-state index contributed by atoms with van der Waals surface area (Å²) >= 11 is 3.04. The molecule has 1 heterocycles. The summed E-state index contributed by atoms with van der Waals surface area (Å²) in [6.45, 7) is 2.68. The van der Waals surface area contributed by atoms with Gasteiger partial charge in [-0.15, -0.1) is 0 Å². The number of anilines is 1. The first kappa shape index (κ1) is 13.4. The molecule has 2 N–H and O–H groups in total. The van der Waals surface area contributed by atoms with Crippen molar-refractivity contribution < 1.29 is 13.6 Å². The number of carbonyl (C=O) groups is 1. The van der Waals surface area contributed by atoms with Gasteiger partial charge in [-0.1, -0.05) is 0 Å². The Labute approximate surface area is 112 Å². The van der Waals surface area contributed by atoms with E-state index >= 15 is 0 Å². The zero-order chi connectivity index (χ0) is 13.3. The van der Waals surface area contributed by atoms with E-state index in [2.05, 4.69) is 26.6 Å². The van der Waals surface area contributed by atoms with E-state index in [1.165, 1.54) is 0 Å². The molecular formula is C12H13BrF2N2O. The first-order valence-corrected chi connectivity index (χ1v) is 6.47. The van der Waals surface area contributed by atoms with Crippen molar-refractivity contribution in [1.29, 1.82) is 0 Å². The van der Waals surface area contributed by atoms with Crippen molar-refractivity contribution >= 4 is 27.5 Å². The van der Waals surface area contributed by atoms with E-state index in [1.807, 2.05) is 6.92 Å². The molecule has 2 unspecified atom stereocenters. The first-order valence-electron chi connectivity index (χ1n) is 5.68. The number of nitrogens with one attached hydrogen (secondary N) is 2. The second-order valence-electron chi connectivity index (χ2n) is 4.37. The van der Waals surface area contributed by atoms with Crippen LogP contribution in [0, 0.1) is 17.6 Å². The molecule has 0 bridgehead atoms. The summed E-state index contributed by atoms with van der Waals surface area (Å²) in [7, 11) is 0. The van der Waals surface area contributed by atoms with Crippen LogP contribution in [0.4, 0.5) is 14.5 Å². The van der Waals surface area contributed by atoms with Crippen LogP contribution >= 0.6 is 15.9 Å². The van der Waals surface area contributed by atoms with E-state index in [0.717, 1.165) is 18.7 Å². The van der Waals surface area contributed by atoms with Gasteiger partial charge in [0.2, 0.25) is 5.91 Å². The third kappa shape index (κ3) is 2.70. The second kappa shape index (κ2) is 5.32. The minimum atomic E-state index is -0.783. The number of amides is 1. The molecule has 1 amide bonds. The Hall–Kier alpha value is -1.01. The molecule has 1 aliphatic rings. The smallest absolute Gasteiger partial charge is 0.229 e. The lowest BCUT2D eigenvalue weighted by molar-refractivity contribution is -0.120. The molecule has 1 fully saturated rings. The van der Waals surface area contributed by atoms with Gasteiger partial charge in [-0.3, -0.25) is 4.79 Å². The SMILES string of the molecule is CC1NCCC1C(=O)Nc1c(F)cc(F)cc1Br. The lowest BCUT2D eigenvalue weighted by Gasteiger charge is -2.16. The molecule has 3 nitrogen and oxygen atoms in total. The quantitative estimate of drug-likeness (QED) is 0.880. The van der Waals surface area contributed by atoms with Gasteiger partial charge in [0.15, 0.2) is 5.82 Å². The highest BCUT2D eigenvalue weighted by Gasteiger charge is 2.30. The molecule has 2 rings (SSSR count). The molecule has 1 aromatic carbocycles. The van der Waals surface area contributed by atoms with Crippen LogP contribution in [0.2, 0.25) is 0 Å². The molecular weight excluding hydrogens is 306 g/mol. The molecule has 6 heteroatoms. The monoisotopic (exact) mass is 318 g/mol. The Morgan fingerprint density at radius 1 is 1.50 bits per heavy atom. The van der Waals surface area contributed by atoms with Gasteiger partial charge >= 0.3 is 0 Å². The standard InChI is InChI=1S/C12H13BrF2N2O/c1-6-8(2-3-16-6)12(18)17-11-9(13)4-7(14)5-10(11)15/h4-6,8,16H,2-3H2,1H3,(H,17,18). The average Bonchev–Trinajstić information content (AvgIpc) is 2.69. The van der Waals surface area contributed by atoms with Crippen molar-refractivity contribution in [3.05, 3.63) is 28.2 Å². The fourth-order valence-corrected chi connectivity index (χ4v) is 2.60. The van der Waals surface area contributed by atoms with Gasteiger partial charge in [0.25, 0.3) is 0 Å². The van der Waals surface area contributed by atoms with E-state index in [4.69, 9.17) is 0 Å². The second-order valence-corrected chi connectivity index (χ2v) is 5.23. The third-order valence-corrected chi connectivity index (χ3v) is 3.74. The highest BCUT2D eigenvalue weighted by molar-refractivity contribution is 9.10. The summed E-state index contributed by atoms with van der Waals surface area (Å²) < 4.78 is 26.7. The van der Waals surface area contributed by atoms with Crippen LogP contribution in [-0.2, 0) is 4.79 Å². The summed E-state index contributed by atoms with van der Waals surface area (Å²) in [5, 5.41) is 5.66. The van der Waals surface area contributed by atoms with Crippen LogP contribution in [0.1, 0.15) is 13.3 Å². The Balaban J connectivity index is 2.17. The van der Waals surface area contributed by atoms with Crippen molar-refractivity contribution in [1.82, 2.24) is 5.32 Å². The summed E-state index contributed by atoms with van der Waals surface area (Å²) in [6, 6.07) is 1.93. The Bertz CT molecular complexity index is 458. The van der Waals surface area contributed by atoms with Crippen molar-refractivity contribution in [2.75, 3.05) is 11.9 Å². The maximum atomic E-state index is 13.6. The van der Waals surface area contributed by atoms with Crippen LogP contribution in [0.15, 0.2) is 16.6 Å². The highest BCUT2D eigenvalue weighted by atomic mass is 79.9. The molecule has 0 saturated carbocycles. The number of rotatable bonds is 2. The fourth-order valence-electron chi connectivity index (χ4n) is 2.09. The van der Waals surface area contributed by atoms with Crippen molar-refractivity contribution in [2.24, 2.45) is 5.92 Å². The molecule has 2 atom stereocenters. The normalized spacial score (nSPS) is 23.1. The minimum absolute atomic E-state index is 0.0134. The van der Waals surface area contributed by atoms with Crippen LogP contribution < -0.4 is 10.6 Å². The highest BCUT2D eigenvalue weighted by Crippen LogP contribution is 2.28. The van der Waals surface area contributed by atoms with Gasteiger partial charge in [-0.2, -0.15) is 0 Å². The summed E-state index contributed by atoms with van der Waals surface area (Å²) in [5.74, 6) is -1.91. The van der Waals surface area contributed by atoms with E-state index in [1.54, 1.807) is 0 Å². The lowest BCUT2D eigenvalue weighted by Crippen LogP contribution is -2.32. The van der Waals surface area contributed by atoms with E-state index in [-0.39, 0.29) is 28.0 Å². The summed E-state index contributed by atoms with van der Waals surface area (Å²) in [4.78, 5) is 12.0. The molecule has 0 radical (unpaired) electrons. The predicted molar refractivity (Wildman–Crippen MR) is 68.3 cm³/mol. The van der Waals surface area contributed by atoms with Crippen molar-refractivity contribution in [3.8, 4) is 0 Å². The number of hydrogen-bond acceptors (Lipinski definition) is 2. The molecule has 98 valence electrons. The molecule has 0 aliphatic carbocycles. The largest absolute Gasteiger partial charge is 0.322 e. The minimum Gasteiger partial charge on any atom is -0.322 e. The van der Waals surface area contributed by atoms with Crippen LogP contribution in [0.25, 0.3) is 0 Å². The lowest BCUT2D eigenvalue weighted by atomic mass is 10.0. The Morgan fingerprint density at radius 2 is 2.22 bits per heavy atom. The molecule has 18 heavy (non-hydrogen) atoms. The first-order chi connectivity index (χ1) is 8.49. The zero-order valence-corrected chi connectivity index (χ0v) is 11.4. The van der Waals surface area contributed by atoms with Crippen LogP contribution in [0.3, 0.4) is 0 Å². The fraction of sp³-hybridized carbons (Fsp3) is 0.417. The van der Waals surface area contributed by atoms with Crippen LogP contribution in [0.5, 0.6) is 0 Å². The molecule has 0 spiro atoms. The molecule has 1 aromatic rings. The van der Waals surface area contributed by atoms with E-state index < -0.39 is 11.6 Å². The van der Waals surface area contributed by atoms with Gasteiger partial charge in [0.1, 0.15) is 5.82 Å². The van der Waals surface area contributed by atoms with E-state index in [9.17, 15) is 13.6 Å². The van der Waals surface area contributed by atoms with Crippen LogP contribution in [-0.4, -0.2) is 18.5 Å². The molecule has 1 aliphatic heterocycles. The molecule has 0 aromatic heterocycles. The number of benzene rings is 1. The maximum absolute atomic E-state index is 13.6. The average molecular weight is 319 g/mol. The van der Waals surface area contributed by atoms with Gasteiger partial charge in [0.05, 0.1) is 11.6 Å². The maximum Gasteiger partial charge on any atom is 0.229 e. The number of hydrogen-bond donors (Lipinski definition) is 2. The topological polar surface area (TPSA) is 41.1 Å². The van der Waals surface area contributed by atoms with Gasteiger partial charge in [-0.05, 0) is 41.9 Å². The van der Waals surface area contributed by atoms with Gasteiger partial charge in [-0.25, -0.2) is 8.78 Å². The van der Waals surface area contributed by atoms with E-state index in [0.29, 0.717) is 6.42 Å². The summed E-state index contributed by atoms with van der Waals surface area (Å²) in [5.41, 5.74) is -0.0134. The summed E-state index contributed by atoms with van der Waals surface area (Å²) in [6.07, 6.45) is 0.716. The van der Waals surface area contributed by atoms with Gasteiger partial charge in [0, 0.05) is 16.6 Å². The Morgan fingerprint density at radius 3 is 2.78 bits per heavy atom. The molecule has 1 saturated heterocycles.